The highest BCUT2D eigenvalue weighted by Gasteiger charge is 2.23. The van der Waals surface area contributed by atoms with Crippen LogP contribution in [0.5, 0.6) is 0 Å². The van der Waals surface area contributed by atoms with Crippen LogP contribution in [0.1, 0.15) is 35.6 Å². The van der Waals surface area contributed by atoms with Crippen LogP contribution in [0.3, 0.4) is 0 Å². The van der Waals surface area contributed by atoms with Crippen molar-refractivity contribution < 1.29 is 24.5 Å². The number of nitrogens with zero attached hydrogens (tertiary/aromatic N) is 1. The predicted octanol–water partition coefficient (Wildman–Crippen LogP) is -0.472. The van der Waals surface area contributed by atoms with Crippen molar-refractivity contribution in [2.24, 2.45) is 5.73 Å². The smallest absolute Gasteiger partial charge is 0.308 e. The maximum absolute atomic E-state index is 11.2. The van der Waals surface area contributed by atoms with E-state index in [4.69, 9.17) is 5.73 Å². The van der Waals surface area contributed by atoms with Gasteiger partial charge < -0.3 is 20.7 Å². The second-order valence-corrected chi connectivity index (χ2v) is 3.83. The predicted molar refractivity (Wildman–Crippen MR) is 65.0 cm³/mol. The first kappa shape index (κ1) is 15.1. The van der Waals surface area contributed by atoms with E-state index < -0.39 is 24.1 Å². The summed E-state index contributed by atoms with van der Waals surface area (Å²) < 4.78 is 4.66. The zero-order valence-electron chi connectivity index (χ0n) is 10.4. The molecule has 0 saturated heterocycles. The van der Waals surface area contributed by atoms with Crippen LogP contribution in [0, 0.1) is 0 Å². The minimum atomic E-state index is -1.40. The van der Waals surface area contributed by atoms with Gasteiger partial charge in [0, 0.05) is 0 Å². The third-order valence-corrected chi connectivity index (χ3v) is 2.37. The van der Waals surface area contributed by atoms with Crippen LogP contribution in [0.25, 0.3) is 0 Å². The molecule has 1 amide bonds. The SMILES string of the molecule is CCOC(=O)CC(O)C(O)c1cccc(C(N)=O)n1. The Balaban J connectivity index is 2.76. The van der Waals surface area contributed by atoms with Crippen molar-refractivity contribution >= 4 is 11.9 Å². The number of hydrogen-bond acceptors (Lipinski definition) is 6. The number of nitrogens with two attached hydrogens (primary N) is 1. The topological polar surface area (TPSA) is 123 Å². The molecule has 1 aromatic heterocycles. The largest absolute Gasteiger partial charge is 0.466 e. The minimum Gasteiger partial charge on any atom is -0.466 e. The number of carbonyl (C=O) groups is 2. The van der Waals surface area contributed by atoms with Gasteiger partial charge in [-0.1, -0.05) is 6.07 Å². The first-order valence-electron chi connectivity index (χ1n) is 5.74. The van der Waals surface area contributed by atoms with Crippen molar-refractivity contribution in [1.29, 1.82) is 0 Å². The highest BCUT2D eigenvalue weighted by Crippen LogP contribution is 2.17. The van der Waals surface area contributed by atoms with E-state index in [-0.39, 0.29) is 24.4 Å². The summed E-state index contributed by atoms with van der Waals surface area (Å²) in [5.41, 5.74) is 5.09. The van der Waals surface area contributed by atoms with Crippen LogP contribution in [-0.2, 0) is 9.53 Å². The van der Waals surface area contributed by atoms with E-state index >= 15 is 0 Å². The third-order valence-electron chi connectivity index (χ3n) is 2.37. The second-order valence-electron chi connectivity index (χ2n) is 3.83. The van der Waals surface area contributed by atoms with Gasteiger partial charge in [-0.25, -0.2) is 4.98 Å². The van der Waals surface area contributed by atoms with Crippen molar-refractivity contribution in [3.8, 4) is 0 Å². The van der Waals surface area contributed by atoms with Gasteiger partial charge in [0.15, 0.2) is 0 Å². The monoisotopic (exact) mass is 268 g/mol. The van der Waals surface area contributed by atoms with Crippen LogP contribution in [0.4, 0.5) is 0 Å². The Morgan fingerprint density at radius 3 is 2.68 bits per heavy atom. The summed E-state index contributed by atoms with van der Waals surface area (Å²) >= 11 is 0. The molecule has 0 fully saturated rings. The standard InChI is InChI=1S/C12H16N2O5/c1-2-19-10(16)6-9(15)11(17)7-4-3-5-8(14-7)12(13)18/h3-5,9,11,15,17H,2,6H2,1H3,(H2,13,18). The number of amides is 1. The average Bonchev–Trinajstić information content (AvgIpc) is 2.38. The van der Waals surface area contributed by atoms with Crippen LogP contribution in [-0.4, -0.2) is 39.8 Å². The Morgan fingerprint density at radius 1 is 1.42 bits per heavy atom. The molecular weight excluding hydrogens is 252 g/mol. The molecule has 0 bridgehead atoms. The molecule has 1 rings (SSSR count). The molecule has 7 nitrogen and oxygen atoms in total. The zero-order valence-corrected chi connectivity index (χ0v) is 10.4. The lowest BCUT2D eigenvalue weighted by atomic mass is 10.1. The molecule has 0 aliphatic heterocycles. The number of aliphatic hydroxyl groups excluding tert-OH is 2. The van der Waals surface area contributed by atoms with Gasteiger partial charge in [-0.2, -0.15) is 0 Å². The van der Waals surface area contributed by atoms with Gasteiger partial charge in [0.05, 0.1) is 24.8 Å². The lowest BCUT2D eigenvalue weighted by Gasteiger charge is -2.16. The summed E-state index contributed by atoms with van der Waals surface area (Å²) in [5.74, 6) is -1.37. The summed E-state index contributed by atoms with van der Waals surface area (Å²) in [4.78, 5) is 25.9. The van der Waals surface area contributed by atoms with Gasteiger partial charge >= 0.3 is 5.97 Å². The fraction of sp³-hybridized carbons (Fsp3) is 0.417. The number of aromatic nitrogens is 1. The average molecular weight is 268 g/mol. The maximum atomic E-state index is 11.2. The molecule has 0 saturated carbocycles. The number of hydrogen-bond donors (Lipinski definition) is 3. The fourth-order valence-corrected chi connectivity index (χ4v) is 1.45. The number of esters is 1. The van der Waals surface area contributed by atoms with E-state index in [0.29, 0.717) is 0 Å². The molecule has 4 N–H and O–H groups in total. The summed E-state index contributed by atoms with van der Waals surface area (Å²) in [7, 11) is 0. The molecule has 104 valence electrons. The lowest BCUT2D eigenvalue weighted by molar-refractivity contribution is -0.147. The van der Waals surface area contributed by atoms with Crippen molar-refractivity contribution in [2.75, 3.05) is 6.61 Å². The van der Waals surface area contributed by atoms with E-state index in [2.05, 4.69) is 9.72 Å². The molecule has 0 aromatic carbocycles. The Bertz CT molecular complexity index is 463. The zero-order chi connectivity index (χ0) is 14.4. The molecule has 1 aromatic rings. The third kappa shape index (κ3) is 4.31. The summed E-state index contributed by atoms with van der Waals surface area (Å²) in [6.07, 6.45) is -3.13. The fourth-order valence-electron chi connectivity index (χ4n) is 1.45. The Labute approximate surface area is 110 Å². The number of carbonyl (C=O) groups excluding carboxylic acids is 2. The number of ether oxygens (including phenoxy) is 1. The summed E-state index contributed by atoms with van der Waals surface area (Å²) in [5, 5.41) is 19.5. The van der Waals surface area contributed by atoms with E-state index in [0.717, 1.165) is 0 Å². The molecule has 7 heteroatoms. The van der Waals surface area contributed by atoms with Gasteiger partial charge in [-0.15, -0.1) is 0 Å². The lowest BCUT2D eigenvalue weighted by Crippen LogP contribution is -2.24. The molecule has 2 atom stereocenters. The molecule has 0 spiro atoms. The first-order valence-corrected chi connectivity index (χ1v) is 5.74. The van der Waals surface area contributed by atoms with Crippen molar-refractivity contribution in [1.82, 2.24) is 4.98 Å². The maximum Gasteiger partial charge on any atom is 0.308 e. The quantitative estimate of drug-likeness (QED) is 0.599. The summed E-state index contributed by atoms with van der Waals surface area (Å²) in [6.45, 7) is 1.83. The summed E-state index contributed by atoms with van der Waals surface area (Å²) in [6, 6.07) is 4.28. The van der Waals surface area contributed by atoms with Gasteiger partial charge in [-0.3, -0.25) is 9.59 Å². The highest BCUT2D eigenvalue weighted by molar-refractivity contribution is 5.90. The van der Waals surface area contributed by atoms with Crippen molar-refractivity contribution in [2.45, 2.75) is 25.6 Å². The van der Waals surface area contributed by atoms with E-state index in [9.17, 15) is 19.8 Å². The van der Waals surface area contributed by atoms with Crippen molar-refractivity contribution in [3.05, 3.63) is 29.6 Å². The van der Waals surface area contributed by atoms with Crippen molar-refractivity contribution in [3.63, 3.8) is 0 Å². The van der Waals surface area contributed by atoms with Crippen LogP contribution >= 0.6 is 0 Å². The number of pyridine rings is 1. The van der Waals surface area contributed by atoms with Crippen LogP contribution < -0.4 is 5.73 Å². The van der Waals surface area contributed by atoms with Gasteiger partial charge in [0.25, 0.3) is 5.91 Å². The first-order chi connectivity index (χ1) is 8.95. The number of aliphatic hydroxyl groups is 2. The molecule has 0 radical (unpaired) electrons. The Morgan fingerprint density at radius 2 is 2.11 bits per heavy atom. The molecular formula is C12H16N2O5. The second kappa shape index (κ2) is 6.81. The molecule has 19 heavy (non-hydrogen) atoms. The van der Waals surface area contributed by atoms with E-state index in [1.54, 1.807) is 6.92 Å². The molecule has 2 unspecified atom stereocenters. The molecule has 0 aliphatic rings. The van der Waals surface area contributed by atoms with Gasteiger partial charge in [0.2, 0.25) is 0 Å². The Kier molecular flexibility index (Phi) is 5.40. The Hall–Kier alpha value is -1.99. The van der Waals surface area contributed by atoms with Gasteiger partial charge in [0.1, 0.15) is 11.8 Å². The number of primary amides is 1. The minimum absolute atomic E-state index is 0.0279. The molecule has 1 heterocycles. The van der Waals surface area contributed by atoms with Crippen LogP contribution in [0.15, 0.2) is 18.2 Å². The van der Waals surface area contributed by atoms with Crippen LogP contribution in [0.2, 0.25) is 0 Å². The highest BCUT2D eigenvalue weighted by atomic mass is 16.5. The van der Waals surface area contributed by atoms with E-state index in [1.165, 1.54) is 18.2 Å². The number of rotatable bonds is 6. The normalized spacial score (nSPS) is 13.6. The van der Waals surface area contributed by atoms with E-state index in [1.807, 2.05) is 0 Å². The van der Waals surface area contributed by atoms with Gasteiger partial charge in [-0.05, 0) is 19.1 Å². The molecule has 0 aliphatic carbocycles.